The van der Waals surface area contributed by atoms with Crippen molar-refractivity contribution in [1.82, 2.24) is 19.1 Å². The number of hydrogen-bond donors (Lipinski definition) is 0. The third-order valence-corrected chi connectivity index (χ3v) is 12.1. The van der Waals surface area contributed by atoms with Crippen molar-refractivity contribution in [2.45, 2.75) is 0 Å². The molecule has 13 rings (SSSR count). The van der Waals surface area contributed by atoms with Gasteiger partial charge in [0.1, 0.15) is 11.2 Å². The van der Waals surface area contributed by atoms with E-state index in [9.17, 15) is 0 Å². The zero-order chi connectivity index (χ0) is 38.6. The van der Waals surface area contributed by atoms with Gasteiger partial charge in [0.05, 0.1) is 38.7 Å². The molecule has 5 heteroatoms. The van der Waals surface area contributed by atoms with Crippen molar-refractivity contribution in [3.05, 3.63) is 194 Å². The highest BCUT2D eigenvalue weighted by Gasteiger charge is 2.26. The molecular formula is C54H32N4O. The van der Waals surface area contributed by atoms with Gasteiger partial charge in [-0.1, -0.05) is 140 Å². The largest absolute Gasteiger partial charge is 0.455 e. The van der Waals surface area contributed by atoms with E-state index in [4.69, 9.17) is 14.4 Å². The van der Waals surface area contributed by atoms with Gasteiger partial charge in [-0.05, 0) is 70.9 Å². The molecule has 0 saturated heterocycles. The van der Waals surface area contributed by atoms with Gasteiger partial charge in [0, 0.05) is 49.1 Å². The number of nitrogens with zero attached hydrogens (tertiary/aromatic N) is 4. The van der Waals surface area contributed by atoms with Gasteiger partial charge in [-0.25, -0.2) is 9.97 Å². The van der Waals surface area contributed by atoms with Gasteiger partial charge in [-0.2, -0.15) is 0 Å². The van der Waals surface area contributed by atoms with E-state index in [2.05, 4.69) is 191 Å². The van der Waals surface area contributed by atoms with Crippen LogP contribution in [0, 0.1) is 0 Å². The van der Waals surface area contributed by atoms with E-state index >= 15 is 0 Å². The summed E-state index contributed by atoms with van der Waals surface area (Å²) in [7, 11) is 0. The third kappa shape index (κ3) is 4.61. The fourth-order valence-electron chi connectivity index (χ4n) is 9.55. The summed E-state index contributed by atoms with van der Waals surface area (Å²) in [5.41, 5.74) is 12.2. The van der Waals surface area contributed by atoms with Crippen molar-refractivity contribution in [1.29, 1.82) is 0 Å². The van der Waals surface area contributed by atoms with Crippen LogP contribution in [0.1, 0.15) is 0 Å². The molecule has 0 aliphatic carbocycles. The molecule has 9 aromatic carbocycles. The van der Waals surface area contributed by atoms with Crippen molar-refractivity contribution in [2.75, 3.05) is 0 Å². The molecule has 0 fully saturated rings. The van der Waals surface area contributed by atoms with Crippen molar-refractivity contribution in [3.63, 3.8) is 0 Å². The van der Waals surface area contributed by atoms with Gasteiger partial charge in [-0.3, -0.25) is 4.57 Å². The zero-order valence-corrected chi connectivity index (χ0v) is 31.7. The standard InChI is InChI=1S/C54H32N4O/c1-3-16-34(17-4-1)51-40-23-9-12-24-44(40)55-54(56-51)58-47-30-27-33-15-7-8-20-37(33)49(47)50-52(58)41(32-43-39-22-11-14-26-48(39)59-53(43)50)35-28-29-46-42(31-35)38-21-10-13-25-45(38)57(46)36-18-5-2-6-19-36/h1-32H. The van der Waals surface area contributed by atoms with Gasteiger partial charge >= 0.3 is 0 Å². The van der Waals surface area contributed by atoms with Gasteiger partial charge in [0.15, 0.2) is 0 Å². The van der Waals surface area contributed by atoms with Crippen LogP contribution in [0.4, 0.5) is 0 Å². The Kier molecular flexibility index (Phi) is 6.66. The molecule has 4 aromatic heterocycles. The van der Waals surface area contributed by atoms with Crippen LogP contribution in [0.25, 0.3) is 121 Å². The number of benzene rings is 9. The fourth-order valence-corrected chi connectivity index (χ4v) is 9.55. The number of furan rings is 1. The van der Waals surface area contributed by atoms with Gasteiger partial charge in [-0.15, -0.1) is 0 Å². The molecule has 274 valence electrons. The Morgan fingerprint density at radius 2 is 1.08 bits per heavy atom. The number of hydrogen-bond acceptors (Lipinski definition) is 3. The average molecular weight is 753 g/mol. The van der Waals surface area contributed by atoms with Crippen LogP contribution in [0.15, 0.2) is 199 Å². The van der Waals surface area contributed by atoms with Crippen LogP contribution in [0.5, 0.6) is 0 Å². The van der Waals surface area contributed by atoms with Gasteiger partial charge in [0.25, 0.3) is 0 Å². The molecule has 0 spiro atoms. The number of rotatable bonds is 4. The molecule has 0 amide bonds. The summed E-state index contributed by atoms with van der Waals surface area (Å²) < 4.78 is 11.6. The van der Waals surface area contributed by atoms with Crippen LogP contribution in [-0.4, -0.2) is 19.1 Å². The average Bonchev–Trinajstić information content (AvgIpc) is 3.97. The molecule has 0 unspecified atom stereocenters. The zero-order valence-electron chi connectivity index (χ0n) is 31.7. The summed E-state index contributed by atoms with van der Waals surface area (Å²) in [6.45, 7) is 0. The first-order valence-electron chi connectivity index (χ1n) is 20.0. The monoisotopic (exact) mass is 752 g/mol. The Morgan fingerprint density at radius 3 is 1.95 bits per heavy atom. The maximum absolute atomic E-state index is 6.95. The van der Waals surface area contributed by atoms with E-state index in [-0.39, 0.29) is 0 Å². The summed E-state index contributed by atoms with van der Waals surface area (Å²) >= 11 is 0. The summed E-state index contributed by atoms with van der Waals surface area (Å²) in [6.07, 6.45) is 0. The minimum atomic E-state index is 0.608. The van der Waals surface area contributed by atoms with E-state index < -0.39 is 0 Å². The van der Waals surface area contributed by atoms with Crippen molar-refractivity contribution in [2.24, 2.45) is 0 Å². The summed E-state index contributed by atoms with van der Waals surface area (Å²) in [5.74, 6) is 0.608. The Balaban J connectivity index is 1.23. The molecule has 0 aliphatic rings. The molecule has 0 atom stereocenters. The number of para-hydroxylation sites is 4. The molecule has 59 heavy (non-hydrogen) atoms. The number of fused-ring (bicyclic) bond motifs is 13. The molecule has 0 bridgehead atoms. The predicted molar refractivity (Wildman–Crippen MR) is 244 cm³/mol. The summed E-state index contributed by atoms with van der Waals surface area (Å²) in [6, 6.07) is 68.8. The summed E-state index contributed by atoms with van der Waals surface area (Å²) in [5, 5.41) is 10.0. The second-order valence-corrected chi connectivity index (χ2v) is 15.3. The van der Waals surface area contributed by atoms with E-state index in [1.54, 1.807) is 0 Å². The van der Waals surface area contributed by atoms with Crippen LogP contribution in [-0.2, 0) is 0 Å². The Bertz CT molecular complexity index is 3840. The Morgan fingerprint density at radius 1 is 0.407 bits per heavy atom. The summed E-state index contributed by atoms with van der Waals surface area (Å²) in [4.78, 5) is 10.9. The fraction of sp³-hybridized carbons (Fsp3) is 0. The molecule has 5 nitrogen and oxygen atoms in total. The first-order valence-corrected chi connectivity index (χ1v) is 20.0. The smallest absolute Gasteiger partial charge is 0.235 e. The van der Waals surface area contributed by atoms with Crippen molar-refractivity contribution in [3.8, 4) is 34.0 Å². The topological polar surface area (TPSA) is 48.8 Å². The quantitative estimate of drug-likeness (QED) is 0.180. The Hall–Kier alpha value is -8.02. The van der Waals surface area contributed by atoms with Crippen LogP contribution >= 0.6 is 0 Å². The molecule has 0 aliphatic heterocycles. The maximum Gasteiger partial charge on any atom is 0.235 e. The molecule has 4 heterocycles. The maximum atomic E-state index is 6.95. The highest BCUT2D eigenvalue weighted by atomic mass is 16.3. The molecule has 0 radical (unpaired) electrons. The molecule has 13 aromatic rings. The lowest BCUT2D eigenvalue weighted by Gasteiger charge is -2.14. The van der Waals surface area contributed by atoms with Crippen LogP contribution < -0.4 is 0 Å². The molecular weight excluding hydrogens is 721 g/mol. The highest BCUT2D eigenvalue weighted by molar-refractivity contribution is 6.32. The van der Waals surface area contributed by atoms with Crippen LogP contribution in [0.3, 0.4) is 0 Å². The lowest BCUT2D eigenvalue weighted by molar-refractivity contribution is 0.673. The van der Waals surface area contributed by atoms with Crippen molar-refractivity contribution < 1.29 is 4.42 Å². The van der Waals surface area contributed by atoms with Gasteiger partial charge in [0.2, 0.25) is 5.95 Å². The lowest BCUT2D eigenvalue weighted by Crippen LogP contribution is -2.04. The first kappa shape index (κ1) is 32.1. The molecule has 0 N–H and O–H groups in total. The minimum absolute atomic E-state index is 0.608. The third-order valence-electron chi connectivity index (χ3n) is 12.1. The second-order valence-electron chi connectivity index (χ2n) is 15.3. The minimum Gasteiger partial charge on any atom is -0.455 e. The van der Waals surface area contributed by atoms with E-state index in [1.165, 1.54) is 16.3 Å². The second kappa shape index (κ2) is 12.2. The number of aromatic nitrogens is 4. The van der Waals surface area contributed by atoms with E-state index in [0.717, 1.165) is 99.0 Å². The lowest BCUT2D eigenvalue weighted by atomic mass is 9.96. The van der Waals surface area contributed by atoms with E-state index in [0.29, 0.717) is 5.95 Å². The van der Waals surface area contributed by atoms with Crippen LogP contribution in [0.2, 0.25) is 0 Å². The van der Waals surface area contributed by atoms with Gasteiger partial charge < -0.3 is 8.98 Å². The van der Waals surface area contributed by atoms with Crippen molar-refractivity contribution >= 4 is 87.2 Å². The SMILES string of the molecule is c1ccc(-c2nc(-n3c4ccc5ccccc5c4c4c5oc6ccccc6c5cc(-c5ccc6c(c5)c5ccccc5n6-c5ccccc5)c43)nc3ccccc23)cc1. The predicted octanol–water partition coefficient (Wildman–Crippen LogP) is 14.2. The first-order chi connectivity index (χ1) is 29.3. The Labute approximate surface area is 337 Å². The normalized spacial score (nSPS) is 12.1. The van der Waals surface area contributed by atoms with E-state index in [1.807, 2.05) is 12.1 Å². The highest BCUT2D eigenvalue weighted by Crippen LogP contribution is 2.48. The molecule has 0 saturated carbocycles.